The summed E-state index contributed by atoms with van der Waals surface area (Å²) in [7, 11) is -3.82. The predicted octanol–water partition coefficient (Wildman–Crippen LogP) is 1.31. The minimum Gasteiger partial charge on any atom is -0.550 e. The summed E-state index contributed by atoms with van der Waals surface area (Å²) in [5, 5.41) is 10.4. The minimum absolute atomic E-state index is 0.00830. The Labute approximate surface area is 127 Å². The molecule has 0 radical (unpaired) electrons. The zero-order chi connectivity index (χ0) is 16.2. The number of sulfonamides is 1. The number of carboxylic acids is 1. The van der Waals surface area contributed by atoms with E-state index in [1.165, 1.54) is 42.5 Å². The number of aliphatic carboxylic acids is 1. The number of hydrogen-bond acceptors (Lipinski definition) is 4. The Kier molecular flexibility index (Phi) is 4.77. The second-order valence-electron chi connectivity index (χ2n) is 4.63. The van der Waals surface area contributed by atoms with Crippen LogP contribution in [0.2, 0.25) is 0 Å². The number of carbonyl (C=O) groups is 1. The van der Waals surface area contributed by atoms with E-state index in [4.69, 9.17) is 0 Å². The van der Waals surface area contributed by atoms with Crippen LogP contribution in [-0.2, 0) is 21.2 Å². The van der Waals surface area contributed by atoms with E-state index in [2.05, 4.69) is 4.72 Å². The third-order valence-corrected chi connectivity index (χ3v) is 4.33. The Morgan fingerprint density at radius 3 is 2.41 bits per heavy atom. The van der Waals surface area contributed by atoms with Gasteiger partial charge in [-0.25, -0.2) is 12.8 Å². The molecular weight excluding hydrogens is 309 g/mol. The molecule has 22 heavy (non-hydrogen) atoms. The molecular formula is C15H13FNO4S-. The Balaban J connectivity index is 2.14. The van der Waals surface area contributed by atoms with Gasteiger partial charge in [-0.3, -0.25) is 4.72 Å². The van der Waals surface area contributed by atoms with E-state index in [9.17, 15) is 22.7 Å². The van der Waals surface area contributed by atoms with E-state index in [0.29, 0.717) is 5.56 Å². The topological polar surface area (TPSA) is 86.3 Å². The molecule has 0 fully saturated rings. The quantitative estimate of drug-likeness (QED) is 0.869. The molecule has 0 unspecified atom stereocenters. The first kappa shape index (κ1) is 16.0. The van der Waals surface area contributed by atoms with Crippen molar-refractivity contribution in [2.45, 2.75) is 17.7 Å². The highest BCUT2D eigenvalue weighted by Gasteiger charge is 2.14. The molecule has 5 nitrogen and oxygen atoms in total. The molecule has 0 saturated carbocycles. The summed E-state index contributed by atoms with van der Waals surface area (Å²) in [6.07, 6.45) is 0.133. The van der Waals surface area contributed by atoms with E-state index in [0.717, 1.165) is 6.07 Å². The number of anilines is 1. The highest BCUT2D eigenvalue weighted by atomic mass is 32.2. The fourth-order valence-corrected chi connectivity index (χ4v) is 2.90. The van der Waals surface area contributed by atoms with Crippen LogP contribution >= 0.6 is 0 Å². The number of hydrogen-bond donors (Lipinski definition) is 1. The largest absolute Gasteiger partial charge is 0.550 e. The van der Waals surface area contributed by atoms with Crippen LogP contribution < -0.4 is 9.83 Å². The summed E-state index contributed by atoms with van der Waals surface area (Å²) in [4.78, 5) is 10.4. The molecule has 2 aromatic carbocycles. The summed E-state index contributed by atoms with van der Waals surface area (Å²) in [5.74, 6) is -1.71. The summed E-state index contributed by atoms with van der Waals surface area (Å²) < 4.78 is 39.6. The van der Waals surface area contributed by atoms with Gasteiger partial charge in [-0.2, -0.15) is 0 Å². The summed E-state index contributed by atoms with van der Waals surface area (Å²) >= 11 is 0. The van der Waals surface area contributed by atoms with Gasteiger partial charge in [0.1, 0.15) is 5.82 Å². The highest BCUT2D eigenvalue weighted by Crippen LogP contribution is 2.17. The summed E-state index contributed by atoms with van der Waals surface area (Å²) in [6.45, 7) is 0. The van der Waals surface area contributed by atoms with Gasteiger partial charge < -0.3 is 9.90 Å². The van der Waals surface area contributed by atoms with E-state index in [1.54, 1.807) is 0 Å². The van der Waals surface area contributed by atoms with Gasteiger partial charge in [0, 0.05) is 5.97 Å². The minimum atomic E-state index is -3.82. The van der Waals surface area contributed by atoms with Crippen molar-refractivity contribution in [2.75, 3.05) is 4.72 Å². The summed E-state index contributed by atoms with van der Waals surface area (Å²) in [6, 6.07) is 10.9. The van der Waals surface area contributed by atoms with Crippen LogP contribution in [0.15, 0.2) is 53.4 Å². The lowest BCUT2D eigenvalue weighted by Crippen LogP contribution is -2.22. The predicted molar refractivity (Wildman–Crippen MR) is 77.0 cm³/mol. The van der Waals surface area contributed by atoms with Crippen LogP contribution in [-0.4, -0.2) is 14.4 Å². The molecule has 0 bridgehead atoms. The molecule has 2 rings (SSSR count). The van der Waals surface area contributed by atoms with Gasteiger partial charge in [0.2, 0.25) is 0 Å². The maximum atomic E-state index is 13.1. The number of halogens is 1. The highest BCUT2D eigenvalue weighted by molar-refractivity contribution is 7.92. The lowest BCUT2D eigenvalue weighted by atomic mass is 10.1. The van der Waals surface area contributed by atoms with E-state index >= 15 is 0 Å². The van der Waals surface area contributed by atoms with Crippen molar-refractivity contribution >= 4 is 21.7 Å². The average Bonchev–Trinajstić information content (AvgIpc) is 2.45. The number of nitrogens with one attached hydrogen (secondary N) is 1. The third kappa shape index (κ3) is 4.29. The van der Waals surface area contributed by atoms with Gasteiger partial charge in [0.15, 0.2) is 0 Å². The first-order chi connectivity index (χ1) is 10.4. The maximum absolute atomic E-state index is 13.1. The van der Waals surface area contributed by atoms with E-state index in [-0.39, 0.29) is 23.4 Å². The fraction of sp³-hybridized carbons (Fsp3) is 0.133. The van der Waals surface area contributed by atoms with Crippen molar-refractivity contribution in [1.29, 1.82) is 0 Å². The molecule has 2 aromatic rings. The zero-order valence-corrected chi connectivity index (χ0v) is 12.3. The Hall–Kier alpha value is -2.41. The lowest BCUT2D eigenvalue weighted by molar-refractivity contribution is -0.305. The molecule has 0 spiro atoms. The number of rotatable bonds is 6. The first-order valence-electron chi connectivity index (χ1n) is 6.44. The first-order valence-corrected chi connectivity index (χ1v) is 7.92. The molecule has 0 aliphatic rings. The van der Waals surface area contributed by atoms with Gasteiger partial charge >= 0.3 is 0 Å². The van der Waals surface area contributed by atoms with Crippen LogP contribution in [0.1, 0.15) is 12.0 Å². The van der Waals surface area contributed by atoms with Crippen molar-refractivity contribution in [3.8, 4) is 0 Å². The average molecular weight is 322 g/mol. The molecule has 0 atom stereocenters. The second-order valence-corrected chi connectivity index (χ2v) is 6.31. The Morgan fingerprint density at radius 1 is 1.14 bits per heavy atom. The van der Waals surface area contributed by atoms with Crippen molar-refractivity contribution in [2.24, 2.45) is 0 Å². The van der Waals surface area contributed by atoms with Crippen molar-refractivity contribution in [3.63, 3.8) is 0 Å². The van der Waals surface area contributed by atoms with Gasteiger partial charge in [-0.05, 0) is 48.7 Å². The smallest absolute Gasteiger partial charge is 0.261 e. The second kappa shape index (κ2) is 6.57. The zero-order valence-electron chi connectivity index (χ0n) is 11.5. The van der Waals surface area contributed by atoms with E-state index in [1.807, 2.05) is 0 Å². The van der Waals surface area contributed by atoms with Gasteiger partial charge in [-0.1, -0.05) is 18.2 Å². The molecule has 1 N–H and O–H groups in total. The van der Waals surface area contributed by atoms with Crippen molar-refractivity contribution in [1.82, 2.24) is 0 Å². The monoisotopic (exact) mass is 322 g/mol. The maximum Gasteiger partial charge on any atom is 0.261 e. The number of carbonyl (C=O) groups excluding carboxylic acids is 1. The molecule has 116 valence electrons. The normalized spacial score (nSPS) is 11.1. The number of carboxylic acid groups (broad SMARTS) is 1. The van der Waals surface area contributed by atoms with Crippen LogP contribution in [0.3, 0.4) is 0 Å². The van der Waals surface area contributed by atoms with Crippen LogP contribution in [0, 0.1) is 5.82 Å². The van der Waals surface area contributed by atoms with Crippen LogP contribution in [0.25, 0.3) is 0 Å². The van der Waals surface area contributed by atoms with Gasteiger partial charge in [0.25, 0.3) is 10.0 Å². The Morgan fingerprint density at radius 2 is 1.82 bits per heavy atom. The molecule has 7 heteroatoms. The molecule has 0 saturated heterocycles. The number of benzene rings is 2. The van der Waals surface area contributed by atoms with Crippen molar-refractivity contribution in [3.05, 3.63) is 59.9 Å². The SMILES string of the molecule is O=C([O-])CCc1ccc(S(=O)(=O)Nc2cccc(F)c2)cc1. The molecule has 0 amide bonds. The lowest BCUT2D eigenvalue weighted by Gasteiger charge is -2.09. The van der Waals surface area contributed by atoms with Gasteiger partial charge in [0.05, 0.1) is 10.6 Å². The van der Waals surface area contributed by atoms with Crippen molar-refractivity contribution < 1.29 is 22.7 Å². The van der Waals surface area contributed by atoms with Crippen LogP contribution in [0.4, 0.5) is 10.1 Å². The summed E-state index contributed by atoms with van der Waals surface area (Å²) in [5.41, 5.74) is 0.815. The third-order valence-electron chi connectivity index (χ3n) is 2.93. The molecule has 0 aliphatic heterocycles. The number of aryl methyl sites for hydroxylation is 1. The van der Waals surface area contributed by atoms with E-state index < -0.39 is 21.8 Å². The molecule has 0 aliphatic carbocycles. The van der Waals surface area contributed by atoms with Crippen LogP contribution in [0.5, 0.6) is 0 Å². The standard InChI is InChI=1S/C15H14FNO4S/c16-12-2-1-3-13(10-12)17-22(20,21)14-7-4-11(5-8-14)6-9-15(18)19/h1-5,7-8,10,17H,6,9H2,(H,18,19)/p-1. The molecule has 0 aromatic heterocycles. The van der Waals surface area contributed by atoms with Gasteiger partial charge in [-0.15, -0.1) is 0 Å². The Bertz CT molecular complexity index is 772. The molecule has 0 heterocycles. The fourth-order valence-electron chi connectivity index (χ4n) is 1.85.